The summed E-state index contributed by atoms with van der Waals surface area (Å²) in [6.45, 7) is 0. The molecule has 0 unspecified atom stereocenters. The van der Waals surface area contributed by atoms with Crippen LogP contribution in [0.15, 0.2) is 48.9 Å². The van der Waals surface area contributed by atoms with Crippen molar-refractivity contribution in [2.75, 3.05) is 5.32 Å². The van der Waals surface area contributed by atoms with Gasteiger partial charge in [-0.1, -0.05) is 30.3 Å². The Hall–Kier alpha value is -2.27. The van der Waals surface area contributed by atoms with Gasteiger partial charge in [0.05, 0.1) is 12.2 Å². The van der Waals surface area contributed by atoms with Gasteiger partial charge in [-0.15, -0.1) is 0 Å². The van der Waals surface area contributed by atoms with Crippen molar-refractivity contribution in [3.8, 4) is 0 Å². The van der Waals surface area contributed by atoms with Gasteiger partial charge in [-0.3, -0.25) is 9.78 Å². The van der Waals surface area contributed by atoms with E-state index in [1.54, 1.807) is 6.20 Å². The third-order valence-corrected chi connectivity index (χ3v) is 2.45. The van der Waals surface area contributed by atoms with Gasteiger partial charge in [0.2, 0.25) is 5.91 Å². The van der Waals surface area contributed by atoms with E-state index in [9.17, 15) is 4.79 Å². The molecule has 2 aromatic rings. The second kappa shape index (κ2) is 5.88. The third-order valence-electron chi connectivity index (χ3n) is 2.45. The predicted molar refractivity (Wildman–Crippen MR) is 68.8 cm³/mol. The summed E-state index contributed by atoms with van der Waals surface area (Å²) in [5.41, 5.74) is 6.86. The average Bonchev–Trinajstić information content (AvgIpc) is 2.41. The summed E-state index contributed by atoms with van der Waals surface area (Å²) >= 11 is 0. The first-order valence-electron chi connectivity index (χ1n) is 5.62. The summed E-state index contributed by atoms with van der Waals surface area (Å²) in [4.78, 5) is 19.6. The lowest BCUT2D eigenvalue weighted by Gasteiger charge is -2.11. The van der Waals surface area contributed by atoms with Crippen molar-refractivity contribution >= 4 is 11.7 Å². The number of nitrogens with one attached hydrogen (secondary N) is 1. The molecule has 0 aliphatic heterocycles. The van der Waals surface area contributed by atoms with Crippen LogP contribution < -0.4 is 11.1 Å². The molecular weight excluding hydrogens is 228 g/mol. The fraction of sp³-hybridized carbons (Fsp3) is 0.154. The van der Waals surface area contributed by atoms with Crippen LogP contribution in [0.25, 0.3) is 0 Å². The van der Waals surface area contributed by atoms with E-state index in [0.29, 0.717) is 12.2 Å². The Kier molecular flexibility index (Phi) is 3.98. The Morgan fingerprint density at radius 1 is 1.28 bits per heavy atom. The van der Waals surface area contributed by atoms with Crippen LogP contribution in [0.5, 0.6) is 0 Å². The van der Waals surface area contributed by atoms with E-state index in [0.717, 1.165) is 5.56 Å². The molecule has 0 aliphatic rings. The maximum absolute atomic E-state index is 11.8. The number of carbonyl (C=O) groups is 1. The number of benzene rings is 1. The first-order valence-corrected chi connectivity index (χ1v) is 5.62. The van der Waals surface area contributed by atoms with Gasteiger partial charge in [0, 0.05) is 12.4 Å². The minimum absolute atomic E-state index is 0.264. The van der Waals surface area contributed by atoms with Crippen molar-refractivity contribution < 1.29 is 4.79 Å². The molecular formula is C13H14N4O. The van der Waals surface area contributed by atoms with E-state index in [1.165, 1.54) is 12.4 Å². The second-order valence-corrected chi connectivity index (χ2v) is 3.88. The van der Waals surface area contributed by atoms with Gasteiger partial charge in [0.25, 0.3) is 0 Å². The normalized spacial score (nSPS) is 11.8. The zero-order valence-electron chi connectivity index (χ0n) is 9.78. The number of carbonyl (C=O) groups excluding carboxylic acids is 1. The summed E-state index contributed by atoms with van der Waals surface area (Å²) in [6, 6.07) is 9.04. The summed E-state index contributed by atoms with van der Waals surface area (Å²) in [7, 11) is 0. The van der Waals surface area contributed by atoms with Gasteiger partial charge < -0.3 is 11.1 Å². The molecule has 1 amide bonds. The highest BCUT2D eigenvalue weighted by molar-refractivity contribution is 5.93. The zero-order valence-corrected chi connectivity index (χ0v) is 9.78. The van der Waals surface area contributed by atoms with E-state index in [2.05, 4.69) is 15.3 Å². The van der Waals surface area contributed by atoms with Crippen LogP contribution in [0, 0.1) is 0 Å². The molecule has 0 radical (unpaired) electrons. The Labute approximate surface area is 105 Å². The third kappa shape index (κ3) is 3.36. The van der Waals surface area contributed by atoms with Crippen LogP contribution in [0.4, 0.5) is 5.82 Å². The molecule has 0 bridgehead atoms. The largest absolute Gasteiger partial charge is 0.320 e. The molecule has 18 heavy (non-hydrogen) atoms. The smallest absolute Gasteiger partial charge is 0.242 e. The lowest BCUT2D eigenvalue weighted by molar-refractivity contribution is -0.117. The molecule has 5 heteroatoms. The fourth-order valence-corrected chi connectivity index (χ4v) is 1.54. The van der Waals surface area contributed by atoms with Crippen molar-refractivity contribution in [3.05, 3.63) is 54.5 Å². The highest BCUT2D eigenvalue weighted by Gasteiger charge is 2.14. The number of nitrogens with zero attached hydrogens (tertiary/aromatic N) is 2. The van der Waals surface area contributed by atoms with Gasteiger partial charge in [0.1, 0.15) is 0 Å². The summed E-state index contributed by atoms with van der Waals surface area (Å²) in [6.07, 6.45) is 5.03. The topological polar surface area (TPSA) is 80.9 Å². The summed E-state index contributed by atoms with van der Waals surface area (Å²) in [5.74, 6) is 0.144. The molecule has 0 aliphatic carbocycles. The van der Waals surface area contributed by atoms with Gasteiger partial charge in [0.15, 0.2) is 5.82 Å². The molecule has 1 atom stereocenters. The highest BCUT2D eigenvalue weighted by Crippen LogP contribution is 2.04. The quantitative estimate of drug-likeness (QED) is 0.837. The lowest BCUT2D eigenvalue weighted by Crippen LogP contribution is -2.37. The van der Waals surface area contributed by atoms with Crippen LogP contribution in [-0.4, -0.2) is 21.9 Å². The number of hydrogen-bond donors (Lipinski definition) is 2. The van der Waals surface area contributed by atoms with E-state index in [-0.39, 0.29) is 5.91 Å². The number of nitrogens with two attached hydrogens (primary N) is 1. The zero-order chi connectivity index (χ0) is 12.8. The molecule has 2 rings (SSSR count). The first-order chi connectivity index (χ1) is 8.75. The highest BCUT2D eigenvalue weighted by atomic mass is 16.2. The second-order valence-electron chi connectivity index (χ2n) is 3.88. The number of anilines is 1. The Balaban J connectivity index is 1.93. The van der Waals surface area contributed by atoms with E-state index < -0.39 is 6.04 Å². The standard InChI is InChI=1S/C13H14N4O/c14-11(8-10-4-2-1-3-5-10)13(18)17-12-9-15-6-7-16-12/h1-7,9,11H,8,14H2,(H,16,17,18)/t11-/m0/s1. The van der Waals surface area contributed by atoms with Gasteiger partial charge in [-0.05, 0) is 12.0 Å². The number of amides is 1. The van der Waals surface area contributed by atoms with Crippen molar-refractivity contribution in [1.82, 2.24) is 9.97 Å². The number of aromatic nitrogens is 2. The SMILES string of the molecule is N[C@@H](Cc1ccccc1)C(=O)Nc1cnccn1. The fourth-order valence-electron chi connectivity index (χ4n) is 1.54. The minimum Gasteiger partial charge on any atom is -0.320 e. The van der Waals surface area contributed by atoms with Gasteiger partial charge >= 0.3 is 0 Å². The first kappa shape index (κ1) is 12.2. The molecule has 1 heterocycles. The number of rotatable bonds is 4. The lowest BCUT2D eigenvalue weighted by atomic mass is 10.1. The molecule has 92 valence electrons. The van der Waals surface area contributed by atoms with Crippen molar-refractivity contribution in [2.24, 2.45) is 5.73 Å². The maximum Gasteiger partial charge on any atom is 0.242 e. The Morgan fingerprint density at radius 3 is 2.72 bits per heavy atom. The van der Waals surface area contributed by atoms with Crippen molar-refractivity contribution in [2.45, 2.75) is 12.5 Å². The molecule has 0 spiro atoms. The Bertz CT molecular complexity index is 501. The molecule has 0 fully saturated rings. The maximum atomic E-state index is 11.8. The number of hydrogen-bond acceptors (Lipinski definition) is 4. The Morgan fingerprint density at radius 2 is 2.06 bits per heavy atom. The van der Waals surface area contributed by atoms with E-state index in [1.807, 2.05) is 30.3 Å². The molecule has 0 saturated carbocycles. The van der Waals surface area contributed by atoms with Gasteiger partial charge in [-0.2, -0.15) is 0 Å². The van der Waals surface area contributed by atoms with Crippen LogP contribution in [0.3, 0.4) is 0 Å². The minimum atomic E-state index is -0.602. The molecule has 1 aromatic carbocycles. The van der Waals surface area contributed by atoms with Crippen LogP contribution in [-0.2, 0) is 11.2 Å². The van der Waals surface area contributed by atoms with Crippen molar-refractivity contribution in [3.63, 3.8) is 0 Å². The summed E-state index contributed by atoms with van der Waals surface area (Å²) in [5, 5.41) is 2.62. The molecule has 3 N–H and O–H groups in total. The van der Waals surface area contributed by atoms with Crippen molar-refractivity contribution in [1.29, 1.82) is 0 Å². The van der Waals surface area contributed by atoms with E-state index >= 15 is 0 Å². The molecule has 0 saturated heterocycles. The van der Waals surface area contributed by atoms with Gasteiger partial charge in [-0.25, -0.2) is 4.98 Å². The monoisotopic (exact) mass is 242 g/mol. The molecule has 1 aromatic heterocycles. The van der Waals surface area contributed by atoms with E-state index in [4.69, 9.17) is 5.73 Å². The predicted octanol–water partition coefficient (Wildman–Crippen LogP) is 0.985. The van der Waals surface area contributed by atoms with Crippen LogP contribution in [0.2, 0.25) is 0 Å². The van der Waals surface area contributed by atoms with Crippen LogP contribution >= 0.6 is 0 Å². The summed E-state index contributed by atoms with van der Waals surface area (Å²) < 4.78 is 0. The average molecular weight is 242 g/mol. The van der Waals surface area contributed by atoms with Crippen LogP contribution in [0.1, 0.15) is 5.56 Å². The molecule has 5 nitrogen and oxygen atoms in total.